The summed E-state index contributed by atoms with van der Waals surface area (Å²) < 4.78 is 22.2. The van der Waals surface area contributed by atoms with E-state index < -0.39 is 6.10 Å². The van der Waals surface area contributed by atoms with E-state index in [1.54, 1.807) is 11.0 Å². The molecular weight excluding hydrogens is 1540 g/mol. The SMILES string of the molecule is BrCC1CO1.CCCCN(CCCC)c1ccc(/C=C/c2ccc(C=O)s2)c(O)c1.CCCCN(CCCC)c1ccc(/C=C/c2ccc(C=O)s2)c(OCC(O)CBr)c1.CCCCN(CCCC)c1ccc(/C=C/c2ccc(C=O)s2)c(OCC2CO2)c1.CN1CCCC1=O.O=CO[O-].[H-].[K+].[K+]. The van der Waals surface area contributed by atoms with Gasteiger partial charge in [-0.05, 0) is 154 Å². The third kappa shape index (κ3) is 39.1. The first kappa shape index (κ1) is 94.9. The molecule has 3 saturated heterocycles. The van der Waals surface area contributed by atoms with Crippen LogP contribution in [0.3, 0.4) is 0 Å². The van der Waals surface area contributed by atoms with Gasteiger partial charge in [-0.25, -0.2) is 0 Å². The maximum atomic E-state index is 10.9. The molecule has 9 rings (SSSR count). The quantitative estimate of drug-likeness (QED) is 0.00916. The van der Waals surface area contributed by atoms with Gasteiger partial charge in [0.25, 0.3) is 6.47 Å². The molecule has 6 heterocycles. The average molecular weight is 1640 g/mol. The van der Waals surface area contributed by atoms with Gasteiger partial charge in [0.05, 0.1) is 40.1 Å². The molecule has 0 spiro atoms. The molecular formula is C78H106Br2K2N4O13S3. The first-order valence-corrected chi connectivity index (χ1v) is 39.7. The number of phenolic OH excluding ortho intramolecular Hbond substituents is 1. The maximum absolute atomic E-state index is 10.9. The van der Waals surface area contributed by atoms with E-state index in [0.29, 0.717) is 39.5 Å². The number of unbranched alkanes of at least 4 members (excludes halogenated alkanes) is 6. The zero-order valence-corrected chi connectivity index (χ0v) is 73.3. The number of likely N-dealkylation sites (tertiary alicyclic amines) is 1. The number of carbonyl (C=O) groups is 5. The molecule has 1 amide bonds. The number of benzene rings is 3. The van der Waals surface area contributed by atoms with Crippen molar-refractivity contribution in [2.24, 2.45) is 0 Å². The molecule has 17 nitrogen and oxygen atoms in total. The third-order valence-electron chi connectivity index (χ3n) is 15.7. The molecule has 102 heavy (non-hydrogen) atoms. The number of thiophene rings is 3. The summed E-state index contributed by atoms with van der Waals surface area (Å²) in [6, 6.07) is 30.0. The number of anilines is 3. The predicted octanol–water partition coefficient (Wildman–Crippen LogP) is 11.6. The zero-order chi connectivity index (χ0) is 72.7. The van der Waals surface area contributed by atoms with E-state index in [4.69, 9.17) is 29.0 Å². The van der Waals surface area contributed by atoms with Crippen molar-refractivity contribution < 1.29 is 167 Å². The van der Waals surface area contributed by atoms with Crippen molar-refractivity contribution in [1.29, 1.82) is 0 Å². The number of hydrogen-bond donors (Lipinski definition) is 2. The molecule has 24 heteroatoms. The number of hydrogen-bond acceptors (Lipinski definition) is 19. The van der Waals surface area contributed by atoms with Crippen LogP contribution < -0.4 is 132 Å². The van der Waals surface area contributed by atoms with Crippen LogP contribution in [0.4, 0.5) is 17.1 Å². The second-order valence-corrected chi connectivity index (χ2v) is 28.7. The van der Waals surface area contributed by atoms with E-state index in [-0.39, 0.29) is 123 Å². The number of phenols is 1. The number of halogens is 2. The Balaban J connectivity index is 0.000000686. The Bertz CT molecular complexity index is 3360. The second-order valence-electron chi connectivity index (χ2n) is 24.0. The van der Waals surface area contributed by atoms with Crippen molar-refractivity contribution in [3.8, 4) is 17.2 Å². The number of aldehydes is 3. The van der Waals surface area contributed by atoms with E-state index in [0.717, 1.165) is 194 Å². The van der Waals surface area contributed by atoms with Gasteiger partial charge in [-0.1, -0.05) is 112 Å². The summed E-state index contributed by atoms with van der Waals surface area (Å²) in [7, 11) is 1.84. The Morgan fingerprint density at radius 1 is 0.559 bits per heavy atom. The summed E-state index contributed by atoms with van der Waals surface area (Å²) in [5.74, 6) is 2.23. The van der Waals surface area contributed by atoms with Crippen molar-refractivity contribution in [1.82, 2.24) is 4.90 Å². The van der Waals surface area contributed by atoms with Crippen LogP contribution in [0, 0.1) is 0 Å². The number of alkyl halides is 2. The molecule has 0 saturated carbocycles. The normalized spacial score (nSPS) is 14.1. The van der Waals surface area contributed by atoms with Crippen LogP contribution in [-0.4, -0.2) is 155 Å². The molecule has 3 aliphatic heterocycles. The second kappa shape index (κ2) is 57.9. The van der Waals surface area contributed by atoms with Gasteiger partial charge in [0.1, 0.15) is 36.6 Å². The Kier molecular flexibility index (Phi) is 53.9. The van der Waals surface area contributed by atoms with Crippen molar-refractivity contribution >= 4 is 151 Å². The van der Waals surface area contributed by atoms with Crippen LogP contribution in [0.1, 0.15) is 193 Å². The van der Waals surface area contributed by atoms with Crippen LogP contribution in [-0.2, 0) is 24.0 Å². The summed E-state index contributed by atoms with van der Waals surface area (Å²) in [6.07, 6.45) is 30.6. The molecule has 550 valence electrons. The summed E-state index contributed by atoms with van der Waals surface area (Å²) in [5.41, 5.74) is 6.23. The summed E-state index contributed by atoms with van der Waals surface area (Å²) in [5, 5.41) is 30.2. The van der Waals surface area contributed by atoms with E-state index >= 15 is 0 Å². The van der Waals surface area contributed by atoms with Crippen molar-refractivity contribution in [3.63, 3.8) is 0 Å². The number of rotatable bonds is 39. The average Bonchev–Trinajstić information content (AvgIpc) is 1.77. The molecule has 6 aromatic rings. The van der Waals surface area contributed by atoms with Crippen LogP contribution in [0.2, 0.25) is 0 Å². The number of ether oxygens (including phenoxy) is 4. The van der Waals surface area contributed by atoms with Crippen LogP contribution in [0.5, 0.6) is 17.2 Å². The Morgan fingerprint density at radius 3 is 1.19 bits per heavy atom. The number of aliphatic hydroxyl groups excluding tert-OH is 1. The van der Waals surface area contributed by atoms with Gasteiger partial charge in [0.15, 0.2) is 18.9 Å². The molecule has 3 aromatic carbocycles. The first-order valence-electron chi connectivity index (χ1n) is 35.0. The van der Waals surface area contributed by atoms with E-state index in [9.17, 15) is 29.4 Å². The Morgan fingerprint density at radius 2 is 0.912 bits per heavy atom. The Labute approximate surface area is 722 Å². The molecule has 2 N–H and O–H groups in total. The summed E-state index contributed by atoms with van der Waals surface area (Å²) in [6.45, 7) is 22.9. The minimum atomic E-state index is -0.561. The van der Waals surface area contributed by atoms with E-state index in [2.05, 4.69) is 142 Å². The smallest absolute Gasteiger partial charge is 1.00 e. The number of amides is 1. The summed E-state index contributed by atoms with van der Waals surface area (Å²) >= 11 is 10.9. The minimum absolute atomic E-state index is 0. The van der Waals surface area contributed by atoms with E-state index in [1.165, 1.54) is 78.2 Å². The molecule has 0 aliphatic carbocycles. The standard InChI is InChI=1S/C24H32BrNO3S.C24H31NO3S.C21H27NO2S.C5H9NO.C3H5BrO.CH2O3.2K.H/c1-3-5-13-26(14-6-4-2)20-9-7-19(24(15-20)29-18-21(28)16-25)8-10-22-11-12-23(17-27)30-22;1-3-5-13-25(14-6-4-2)20-9-7-19(24(15-20)28-18-21-17-27-21)8-10-22-11-12-23(16-26)29-22;1-3-5-13-22(14-6-4-2)18-9-7-17(21(24)15-18)8-10-19-11-12-20(16-23)25-19;1-6-4-2-3-5(6)7;4-1-3-2-5-3;2-1-4-3;;;/h7-12,15,17,21,28H,3-6,13-14,16,18H2,1-2H3;7-12,15-16,21H,3-6,13-14,17-18H2,1-2H3;7-12,15-16,24H,3-6,13-14H2,1-2H3;2-4H2,1H3;3H,1-2H2;1,3H;;;/q;;;;;;2*+1;-1/p-1/b3*10-8+;;;;;;. The molecule has 3 atom stereocenters. The first-order chi connectivity index (χ1) is 48.7. The van der Waals surface area contributed by atoms with Crippen molar-refractivity contribution in [3.05, 3.63) is 137 Å². The largest absolute Gasteiger partial charge is 1.00 e. The number of epoxide rings is 2. The molecule has 3 unspecified atom stereocenters. The summed E-state index contributed by atoms with van der Waals surface area (Å²) in [4.78, 5) is 68.5. The predicted molar refractivity (Wildman–Crippen MR) is 422 cm³/mol. The molecule has 3 aromatic heterocycles. The van der Waals surface area contributed by atoms with Gasteiger partial charge in [-0.3, -0.25) is 24.0 Å². The van der Waals surface area contributed by atoms with Gasteiger partial charge < -0.3 is 60.3 Å². The van der Waals surface area contributed by atoms with Crippen LogP contribution >= 0.6 is 65.9 Å². The minimum Gasteiger partial charge on any atom is -1.00 e. The van der Waals surface area contributed by atoms with Crippen molar-refractivity contribution in [2.45, 2.75) is 150 Å². The number of carbonyl (C=O) groups excluding carboxylic acids is 5. The molecule has 3 fully saturated rings. The van der Waals surface area contributed by atoms with Gasteiger partial charge in [0.2, 0.25) is 5.91 Å². The fourth-order valence-electron chi connectivity index (χ4n) is 9.64. The van der Waals surface area contributed by atoms with Gasteiger partial charge in [-0.2, -0.15) is 0 Å². The van der Waals surface area contributed by atoms with E-state index in [1.807, 2.05) is 79.9 Å². The Hall–Kier alpha value is -3.20. The zero-order valence-electron chi connectivity index (χ0n) is 62.4. The third-order valence-corrected chi connectivity index (χ3v) is 20.1. The molecule has 0 radical (unpaired) electrons. The molecule has 3 aliphatic rings. The molecule has 0 bridgehead atoms. The van der Waals surface area contributed by atoms with Crippen LogP contribution in [0.25, 0.3) is 36.5 Å². The van der Waals surface area contributed by atoms with Gasteiger partial charge in [0, 0.05) is 137 Å². The van der Waals surface area contributed by atoms with Gasteiger partial charge in [-0.15, -0.1) is 34.0 Å². The van der Waals surface area contributed by atoms with Crippen LogP contribution in [0.15, 0.2) is 91.0 Å². The topological polar surface area (TPSA) is 215 Å². The number of aromatic hydroxyl groups is 1. The number of aliphatic hydroxyl groups is 1. The number of nitrogens with zero attached hydrogens (tertiary/aromatic N) is 4. The maximum Gasteiger partial charge on any atom is 1.00 e. The fraction of sp³-hybridized carbons (Fsp3) is 0.474. The fourth-order valence-corrected chi connectivity index (χ4v) is 12.4. The monoisotopic (exact) mass is 1640 g/mol. The van der Waals surface area contributed by atoms with Crippen molar-refractivity contribution in [2.75, 3.05) is 105 Å². The van der Waals surface area contributed by atoms with Gasteiger partial charge >= 0.3 is 103 Å².